The van der Waals surface area contributed by atoms with Crippen LogP contribution in [0.5, 0.6) is 0 Å². The summed E-state index contributed by atoms with van der Waals surface area (Å²) in [6.45, 7) is 2.96. The fourth-order valence-electron chi connectivity index (χ4n) is 3.77. The Morgan fingerprint density at radius 1 is 1.30 bits per heavy atom. The van der Waals surface area contributed by atoms with Crippen molar-refractivity contribution >= 4 is 11.8 Å². The first-order valence-corrected chi connectivity index (χ1v) is 11.1. The first kappa shape index (κ1) is 24.7. The average Bonchev–Trinajstić information content (AvgIpc) is 3.25. The molecule has 33 heavy (non-hydrogen) atoms. The van der Waals surface area contributed by atoms with Gasteiger partial charge in [-0.15, -0.1) is 0 Å². The van der Waals surface area contributed by atoms with Crippen LogP contribution in [0, 0.1) is 0 Å². The van der Waals surface area contributed by atoms with Crippen molar-refractivity contribution in [1.82, 2.24) is 25.0 Å². The van der Waals surface area contributed by atoms with Crippen molar-refractivity contribution in [3.05, 3.63) is 41.9 Å². The van der Waals surface area contributed by atoms with E-state index in [0.29, 0.717) is 38.2 Å². The second kappa shape index (κ2) is 10.8. The number of hydrogen-bond acceptors (Lipinski definition) is 6. The number of aliphatic hydroxyl groups is 1. The molecule has 1 fully saturated rings. The molecular weight excluding hydrogens is 434 g/mol. The summed E-state index contributed by atoms with van der Waals surface area (Å²) in [5.41, 5.74) is 6.11. The van der Waals surface area contributed by atoms with Gasteiger partial charge in [-0.3, -0.25) is 14.5 Å². The number of likely N-dealkylation sites (tertiary alicyclic amines) is 1. The molecule has 0 bridgehead atoms. The Bertz CT molecular complexity index is 957. The van der Waals surface area contributed by atoms with Gasteiger partial charge in [0.2, 0.25) is 5.91 Å². The topological polar surface area (TPSA) is 126 Å². The van der Waals surface area contributed by atoms with Gasteiger partial charge in [0.1, 0.15) is 0 Å². The molecule has 2 amide bonds. The highest BCUT2D eigenvalue weighted by molar-refractivity contribution is 5.97. The number of aliphatic hydroxyl groups excluding tert-OH is 1. The number of pyridine rings is 1. The fraction of sp³-hybridized carbons (Fsp3) is 0.545. The molecule has 180 valence electrons. The number of alkyl halides is 2. The van der Waals surface area contributed by atoms with Gasteiger partial charge in [-0.25, -0.2) is 18.4 Å². The third-order valence-corrected chi connectivity index (χ3v) is 5.72. The molecule has 4 N–H and O–H groups in total. The molecule has 1 aliphatic rings. The van der Waals surface area contributed by atoms with E-state index >= 15 is 0 Å². The number of unbranched alkanes of at least 4 members (excludes halogenated alkanes) is 1. The van der Waals surface area contributed by atoms with Crippen molar-refractivity contribution < 1.29 is 23.5 Å². The first-order valence-electron chi connectivity index (χ1n) is 11.1. The molecular formula is C22H30F2N6O3. The van der Waals surface area contributed by atoms with Crippen molar-refractivity contribution in [1.29, 1.82) is 0 Å². The number of piperidine rings is 1. The minimum absolute atomic E-state index is 0.172. The Balaban J connectivity index is 1.73. The van der Waals surface area contributed by atoms with Crippen LogP contribution >= 0.6 is 0 Å². The second-order valence-corrected chi connectivity index (χ2v) is 8.33. The molecule has 3 rings (SSSR count). The Hall–Kier alpha value is -2.92. The van der Waals surface area contributed by atoms with Crippen LogP contribution in [0.15, 0.2) is 30.6 Å². The number of amides is 2. The fourth-order valence-corrected chi connectivity index (χ4v) is 3.77. The lowest BCUT2D eigenvalue weighted by Gasteiger charge is -2.31. The number of hydrogen-bond donors (Lipinski definition) is 3. The summed E-state index contributed by atoms with van der Waals surface area (Å²) in [5, 5.41) is 17.3. The average molecular weight is 465 g/mol. The predicted octanol–water partition coefficient (Wildman–Crippen LogP) is 1.63. The van der Waals surface area contributed by atoms with E-state index in [-0.39, 0.29) is 24.2 Å². The maximum absolute atomic E-state index is 13.4. The number of halogens is 2. The summed E-state index contributed by atoms with van der Waals surface area (Å²) < 4.78 is 28.2. The normalized spacial score (nSPS) is 17.9. The van der Waals surface area contributed by atoms with E-state index < -0.39 is 29.9 Å². The highest BCUT2D eigenvalue weighted by Crippen LogP contribution is 2.28. The van der Waals surface area contributed by atoms with E-state index in [9.17, 15) is 23.5 Å². The summed E-state index contributed by atoms with van der Waals surface area (Å²) in [6, 6.07) is 4.10. The lowest BCUT2D eigenvalue weighted by Crippen LogP contribution is -2.49. The summed E-state index contributed by atoms with van der Waals surface area (Å²) in [5.74, 6) is -3.76. The van der Waals surface area contributed by atoms with Gasteiger partial charge in [0.25, 0.3) is 11.8 Å². The minimum atomic E-state index is -2.61. The molecule has 3 heterocycles. The van der Waals surface area contributed by atoms with Crippen LogP contribution in [-0.2, 0) is 11.3 Å². The number of aromatic nitrogens is 3. The molecule has 0 saturated carbocycles. The van der Waals surface area contributed by atoms with Gasteiger partial charge in [0.05, 0.1) is 17.3 Å². The molecule has 1 saturated heterocycles. The van der Waals surface area contributed by atoms with Gasteiger partial charge in [0.15, 0.2) is 11.9 Å². The summed E-state index contributed by atoms with van der Waals surface area (Å²) in [6.07, 6.45) is 3.23. The van der Waals surface area contributed by atoms with Crippen LogP contribution in [0.3, 0.4) is 0 Å². The molecule has 11 heteroatoms. The zero-order valence-corrected chi connectivity index (χ0v) is 18.6. The highest BCUT2D eigenvalue weighted by atomic mass is 19.3. The van der Waals surface area contributed by atoms with Gasteiger partial charge < -0.3 is 16.2 Å². The van der Waals surface area contributed by atoms with E-state index in [1.165, 1.54) is 10.9 Å². The second-order valence-electron chi connectivity index (χ2n) is 8.33. The van der Waals surface area contributed by atoms with Crippen LogP contribution in [0.1, 0.15) is 55.1 Å². The molecule has 1 aliphatic heterocycles. The number of nitrogens with one attached hydrogen (secondary N) is 1. The zero-order chi connectivity index (χ0) is 24.0. The minimum Gasteiger partial charge on any atom is -0.381 e. The van der Waals surface area contributed by atoms with Crippen LogP contribution in [0.25, 0.3) is 5.82 Å². The van der Waals surface area contributed by atoms with Crippen molar-refractivity contribution in [2.45, 2.75) is 63.6 Å². The van der Waals surface area contributed by atoms with E-state index in [4.69, 9.17) is 5.73 Å². The van der Waals surface area contributed by atoms with Crippen LogP contribution in [0.4, 0.5) is 8.78 Å². The molecule has 9 nitrogen and oxygen atoms in total. The summed E-state index contributed by atoms with van der Waals surface area (Å²) in [4.78, 5) is 30.6. The van der Waals surface area contributed by atoms with Crippen molar-refractivity contribution in [3.8, 4) is 5.82 Å². The van der Waals surface area contributed by atoms with Crippen LogP contribution in [-0.4, -0.2) is 67.7 Å². The molecule has 0 aliphatic carbocycles. The van der Waals surface area contributed by atoms with Gasteiger partial charge >= 0.3 is 0 Å². The maximum atomic E-state index is 13.4. The van der Waals surface area contributed by atoms with E-state index in [1.807, 2.05) is 11.8 Å². The molecule has 2 aromatic rings. The summed E-state index contributed by atoms with van der Waals surface area (Å²) >= 11 is 0. The highest BCUT2D eigenvalue weighted by Gasteiger charge is 2.34. The molecule has 2 atom stereocenters. The lowest BCUT2D eigenvalue weighted by atomic mass is 10.0. The number of nitrogens with two attached hydrogens (primary N) is 1. The maximum Gasteiger partial charge on any atom is 0.255 e. The van der Waals surface area contributed by atoms with Crippen LogP contribution < -0.4 is 11.1 Å². The van der Waals surface area contributed by atoms with Crippen molar-refractivity contribution in [3.63, 3.8) is 0 Å². The smallest absolute Gasteiger partial charge is 0.255 e. The Labute approximate surface area is 191 Å². The van der Waals surface area contributed by atoms with E-state index in [0.717, 1.165) is 6.42 Å². The standard InChI is InChI=1S/C22H30F2N6O3/c1-2-3-6-17(18(31)19(25)32)27-21(33)16-5-4-10-26-20(16)30-11-7-15(28-30)14-29-12-8-22(23,24)9-13-29/h4-5,7,10-11,17-18,31H,2-3,6,8-9,12-14H2,1H3,(H2,25,32)(H,27,33). The zero-order valence-electron chi connectivity index (χ0n) is 18.6. The monoisotopic (exact) mass is 464 g/mol. The number of carbonyl (C=O) groups is 2. The first-order chi connectivity index (χ1) is 15.7. The molecule has 2 unspecified atom stereocenters. The van der Waals surface area contributed by atoms with Gasteiger partial charge in [-0.05, 0) is 24.6 Å². The Morgan fingerprint density at radius 2 is 2.03 bits per heavy atom. The summed E-state index contributed by atoms with van der Waals surface area (Å²) in [7, 11) is 0. The number of nitrogens with zero attached hydrogens (tertiary/aromatic N) is 4. The van der Waals surface area contributed by atoms with Gasteiger partial charge in [0, 0.05) is 44.9 Å². The van der Waals surface area contributed by atoms with Crippen molar-refractivity contribution in [2.75, 3.05) is 13.1 Å². The number of rotatable bonds is 10. The Morgan fingerprint density at radius 3 is 2.70 bits per heavy atom. The van der Waals surface area contributed by atoms with E-state index in [1.54, 1.807) is 24.4 Å². The van der Waals surface area contributed by atoms with Gasteiger partial charge in [-0.1, -0.05) is 19.8 Å². The van der Waals surface area contributed by atoms with Crippen LogP contribution in [0.2, 0.25) is 0 Å². The molecule has 0 spiro atoms. The quantitative estimate of drug-likeness (QED) is 0.491. The Kier molecular flexibility index (Phi) is 8.09. The number of carbonyl (C=O) groups excluding carboxylic acids is 2. The third-order valence-electron chi connectivity index (χ3n) is 5.72. The van der Waals surface area contributed by atoms with Gasteiger partial charge in [-0.2, -0.15) is 5.10 Å². The molecule has 0 radical (unpaired) electrons. The van der Waals surface area contributed by atoms with E-state index in [2.05, 4.69) is 15.4 Å². The predicted molar refractivity (Wildman–Crippen MR) is 117 cm³/mol. The largest absolute Gasteiger partial charge is 0.381 e. The lowest BCUT2D eigenvalue weighted by molar-refractivity contribution is -0.127. The van der Waals surface area contributed by atoms with Crippen molar-refractivity contribution in [2.24, 2.45) is 5.73 Å². The third kappa shape index (κ3) is 6.55. The number of primary amides is 1. The SMILES string of the molecule is CCCCC(NC(=O)c1cccnc1-n1ccc(CN2CCC(F)(F)CC2)n1)C(O)C(N)=O. The molecule has 2 aromatic heterocycles. The molecule has 0 aromatic carbocycles.